The Morgan fingerprint density at radius 2 is 1.74 bits per heavy atom. The number of aromatic nitrogens is 1. The Balaban J connectivity index is 1.54. The number of nitrogens with one attached hydrogen (secondary N) is 1. The Hall–Kier alpha value is -3.97. The van der Waals surface area contributed by atoms with E-state index < -0.39 is 5.97 Å². The molecule has 0 spiro atoms. The summed E-state index contributed by atoms with van der Waals surface area (Å²) in [6, 6.07) is 21.1. The largest absolute Gasteiger partial charge is 0.497 e. The lowest BCUT2D eigenvalue weighted by molar-refractivity contribution is 0.0697. The molecule has 0 atom stereocenters. The van der Waals surface area contributed by atoms with Crippen LogP contribution in [0.4, 0.5) is 5.13 Å². The molecule has 0 bridgehead atoms. The van der Waals surface area contributed by atoms with Gasteiger partial charge < -0.3 is 9.84 Å². The summed E-state index contributed by atoms with van der Waals surface area (Å²) in [5, 5.41) is 14.6. The van der Waals surface area contributed by atoms with Crippen LogP contribution in [0.2, 0.25) is 0 Å². The number of carbonyl (C=O) groups excluding carboxylic acids is 1. The van der Waals surface area contributed by atoms with Crippen molar-refractivity contribution < 1.29 is 19.4 Å². The number of ether oxygens (including phenoxy) is 1. The van der Waals surface area contributed by atoms with Gasteiger partial charge in [-0.15, -0.1) is 11.3 Å². The molecule has 0 radical (unpaired) electrons. The maximum Gasteiger partial charge on any atom is 0.336 e. The summed E-state index contributed by atoms with van der Waals surface area (Å²) in [6.45, 7) is 0. The molecule has 1 aromatic heterocycles. The number of benzene rings is 3. The van der Waals surface area contributed by atoms with E-state index in [1.165, 1.54) is 11.3 Å². The molecule has 0 aliphatic rings. The van der Waals surface area contributed by atoms with Gasteiger partial charge in [0.25, 0.3) is 5.91 Å². The summed E-state index contributed by atoms with van der Waals surface area (Å²) in [7, 11) is 1.61. The van der Waals surface area contributed by atoms with Gasteiger partial charge in [0.2, 0.25) is 0 Å². The molecule has 4 aromatic rings. The van der Waals surface area contributed by atoms with Crippen LogP contribution < -0.4 is 10.1 Å². The number of thiazole rings is 1. The Kier molecular flexibility index (Phi) is 5.77. The first-order valence-electron chi connectivity index (χ1n) is 9.39. The van der Waals surface area contributed by atoms with Crippen LogP contribution >= 0.6 is 11.3 Å². The highest BCUT2D eigenvalue weighted by molar-refractivity contribution is 7.14. The van der Waals surface area contributed by atoms with E-state index in [4.69, 9.17) is 4.74 Å². The van der Waals surface area contributed by atoms with E-state index in [2.05, 4.69) is 10.3 Å². The van der Waals surface area contributed by atoms with Crippen molar-refractivity contribution in [3.63, 3.8) is 0 Å². The Bertz CT molecular complexity index is 1250. The molecule has 0 saturated heterocycles. The highest BCUT2D eigenvalue weighted by Crippen LogP contribution is 2.28. The molecule has 0 aliphatic carbocycles. The van der Waals surface area contributed by atoms with Crippen molar-refractivity contribution in [1.82, 2.24) is 4.98 Å². The second-order valence-electron chi connectivity index (χ2n) is 6.65. The smallest absolute Gasteiger partial charge is 0.336 e. The van der Waals surface area contributed by atoms with Crippen molar-refractivity contribution in [2.24, 2.45) is 0 Å². The minimum absolute atomic E-state index is 0.184. The third kappa shape index (κ3) is 4.46. The molecule has 0 aliphatic heterocycles. The molecular weight excluding hydrogens is 412 g/mol. The van der Waals surface area contributed by atoms with Crippen LogP contribution in [0.25, 0.3) is 22.4 Å². The van der Waals surface area contributed by atoms with Crippen molar-refractivity contribution >= 4 is 28.3 Å². The first kappa shape index (κ1) is 20.3. The Morgan fingerprint density at radius 1 is 0.968 bits per heavy atom. The maximum atomic E-state index is 12.8. The number of hydrogen-bond acceptors (Lipinski definition) is 5. The van der Waals surface area contributed by atoms with Crippen molar-refractivity contribution in [1.29, 1.82) is 0 Å². The fourth-order valence-corrected chi connectivity index (χ4v) is 3.86. The third-order valence-electron chi connectivity index (χ3n) is 4.70. The van der Waals surface area contributed by atoms with Gasteiger partial charge in [0.1, 0.15) is 5.75 Å². The molecule has 7 heteroatoms. The fourth-order valence-electron chi connectivity index (χ4n) is 3.14. The number of anilines is 1. The zero-order valence-electron chi connectivity index (χ0n) is 16.5. The fraction of sp³-hybridized carbons (Fsp3) is 0.0417. The lowest BCUT2D eigenvalue weighted by atomic mass is 9.98. The highest BCUT2D eigenvalue weighted by Gasteiger charge is 2.14. The summed E-state index contributed by atoms with van der Waals surface area (Å²) in [4.78, 5) is 28.8. The van der Waals surface area contributed by atoms with Crippen LogP contribution in [0, 0.1) is 0 Å². The van der Waals surface area contributed by atoms with E-state index in [-0.39, 0.29) is 11.5 Å². The normalized spacial score (nSPS) is 10.5. The van der Waals surface area contributed by atoms with E-state index in [9.17, 15) is 14.7 Å². The van der Waals surface area contributed by atoms with Gasteiger partial charge in [-0.25, -0.2) is 9.78 Å². The monoisotopic (exact) mass is 430 g/mol. The number of carboxylic acid groups (broad SMARTS) is 1. The number of rotatable bonds is 6. The average molecular weight is 430 g/mol. The zero-order chi connectivity index (χ0) is 21.8. The molecule has 0 fully saturated rings. The van der Waals surface area contributed by atoms with Gasteiger partial charge in [0.15, 0.2) is 5.13 Å². The van der Waals surface area contributed by atoms with Crippen molar-refractivity contribution in [2.45, 2.75) is 0 Å². The molecule has 31 heavy (non-hydrogen) atoms. The van der Waals surface area contributed by atoms with Crippen LogP contribution in [-0.4, -0.2) is 29.1 Å². The van der Waals surface area contributed by atoms with Gasteiger partial charge in [-0.3, -0.25) is 10.1 Å². The summed E-state index contributed by atoms with van der Waals surface area (Å²) in [6.07, 6.45) is 0. The second kappa shape index (κ2) is 8.81. The Morgan fingerprint density at radius 3 is 2.48 bits per heavy atom. The standard InChI is InChI=1S/C24H18N2O4S/c1-30-18-11-9-15(10-12-18)21-14-31-24(25-21)26-22(27)17-6-4-5-16(13-17)19-7-2-3-8-20(19)23(28)29/h2-14H,1H3,(H,28,29)(H,25,26,27). The average Bonchev–Trinajstić information content (AvgIpc) is 3.27. The van der Waals surface area contributed by atoms with Crippen LogP contribution in [0.5, 0.6) is 5.75 Å². The molecule has 3 aromatic carbocycles. The Labute approximate surface area is 182 Å². The number of hydrogen-bond donors (Lipinski definition) is 2. The number of carbonyl (C=O) groups is 2. The molecule has 154 valence electrons. The summed E-state index contributed by atoms with van der Waals surface area (Å²) in [5.41, 5.74) is 3.49. The zero-order valence-corrected chi connectivity index (χ0v) is 17.3. The number of nitrogens with zero attached hydrogens (tertiary/aromatic N) is 1. The SMILES string of the molecule is COc1ccc(-c2csc(NC(=O)c3cccc(-c4ccccc4C(=O)O)c3)n2)cc1. The van der Waals surface area contributed by atoms with Crippen LogP contribution in [0.3, 0.4) is 0 Å². The number of amides is 1. The van der Waals surface area contributed by atoms with Crippen LogP contribution in [0.1, 0.15) is 20.7 Å². The van der Waals surface area contributed by atoms with Gasteiger partial charge in [0.05, 0.1) is 18.4 Å². The molecule has 1 amide bonds. The number of carboxylic acids is 1. The number of aromatic carboxylic acids is 1. The predicted molar refractivity (Wildman–Crippen MR) is 121 cm³/mol. The van der Waals surface area contributed by atoms with E-state index in [1.807, 2.05) is 29.6 Å². The van der Waals surface area contributed by atoms with Gasteiger partial charge in [0, 0.05) is 16.5 Å². The highest BCUT2D eigenvalue weighted by atomic mass is 32.1. The molecule has 2 N–H and O–H groups in total. The topological polar surface area (TPSA) is 88.5 Å². The lowest BCUT2D eigenvalue weighted by Gasteiger charge is -2.08. The maximum absolute atomic E-state index is 12.8. The molecule has 4 rings (SSSR count). The predicted octanol–water partition coefficient (Wildman–Crippen LogP) is 5.44. The summed E-state index contributed by atoms with van der Waals surface area (Å²) < 4.78 is 5.17. The minimum Gasteiger partial charge on any atom is -0.497 e. The molecule has 0 unspecified atom stereocenters. The molecular formula is C24H18N2O4S. The molecule has 1 heterocycles. The van der Waals surface area contributed by atoms with Gasteiger partial charge in [-0.2, -0.15) is 0 Å². The van der Waals surface area contributed by atoms with E-state index in [0.717, 1.165) is 17.0 Å². The first-order valence-corrected chi connectivity index (χ1v) is 10.3. The third-order valence-corrected chi connectivity index (χ3v) is 5.46. The van der Waals surface area contributed by atoms with Gasteiger partial charge >= 0.3 is 5.97 Å². The van der Waals surface area contributed by atoms with Crippen molar-refractivity contribution in [3.8, 4) is 28.1 Å². The van der Waals surface area contributed by atoms with E-state index in [0.29, 0.717) is 21.8 Å². The first-order chi connectivity index (χ1) is 15.0. The van der Waals surface area contributed by atoms with E-state index in [1.54, 1.807) is 55.6 Å². The summed E-state index contributed by atoms with van der Waals surface area (Å²) in [5.74, 6) is -0.568. The lowest BCUT2D eigenvalue weighted by Crippen LogP contribution is -2.11. The molecule has 6 nitrogen and oxygen atoms in total. The second-order valence-corrected chi connectivity index (χ2v) is 7.51. The number of methoxy groups -OCH3 is 1. The van der Waals surface area contributed by atoms with Crippen molar-refractivity contribution in [3.05, 3.63) is 89.3 Å². The van der Waals surface area contributed by atoms with Gasteiger partial charge in [-0.05, 0) is 53.6 Å². The minimum atomic E-state index is -1.01. The molecule has 0 saturated carbocycles. The van der Waals surface area contributed by atoms with Crippen LogP contribution in [-0.2, 0) is 0 Å². The summed E-state index contributed by atoms with van der Waals surface area (Å²) >= 11 is 1.33. The van der Waals surface area contributed by atoms with Crippen LogP contribution in [0.15, 0.2) is 78.2 Å². The van der Waals surface area contributed by atoms with E-state index >= 15 is 0 Å². The van der Waals surface area contributed by atoms with Crippen molar-refractivity contribution in [2.75, 3.05) is 12.4 Å². The van der Waals surface area contributed by atoms with Gasteiger partial charge in [-0.1, -0.05) is 30.3 Å². The quantitative estimate of drug-likeness (QED) is 0.425.